The molecule has 0 spiro atoms. The quantitative estimate of drug-likeness (QED) is 0.765. The largest absolute Gasteiger partial charge is 0.481 e. The molecule has 0 aromatic heterocycles. The van der Waals surface area contributed by atoms with Crippen LogP contribution in [0.25, 0.3) is 0 Å². The van der Waals surface area contributed by atoms with E-state index in [9.17, 15) is 9.59 Å². The fraction of sp³-hybridized carbons (Fsp3) is 0.529. The predicted octanol–water partition coefficient (Wildman–Crippen LogP) is 2.10. The lowest BCUT2D eigenvalue weighted by atomic mass is 9.98. The minimum absolute atomic E-state index is 0.101. The number of carbonyl (C=O) groups excluding carboxylic acids is 1. The van der Waals surface area contributed by atoms with E-state index in [1.165, 1.54) is 12.7 Å². The van der Waals surface area contributed by atoms with Gasteiger partial charge >= 0.3 is 5.97 Å². The lowest BCUT2D eigenvalue weighted by Crippen LogP contribution is -2.48. The van der Waals surface area contributed by atoms with Gasteiger partial charge in [-0.2, -0.15) is 0 Å². The third-order valence-electron chi connectivity index (χ3n) is 3.49. The van der Waals surface area contributed by atoms with Crippen molar-refractivity contribution in [3.05, 3.63) is 29.3 Å². The molecule has 0 aliphatic rings. The molecule has 128 valence electrons. The van der Waals surface area contributed by atoms with E-state index in [-0.39, 0.29) is 6.61 Å². The first-order chi connectivity index (χ1) is 10.8. The summed E-state index contributed by atoms with van der Waals surface area (Å²) >= 11 is 0. The number of carbonyl (C=O) groups is 2. The maximum Gasteiger partial charge on any atom is 0.328 e. The number of carboxylic acid groups (broad SMARTS) is 1. The molecule has 2 unspecified atom stereocenters. The third kappa shape index (κ3) is 5.56. The van der Waals surface area contributed by atoms with Gasteiger partial charge in [0.1, 0.15) is 5.75 Å². The maximum absolute atomic E-state index is 12.0. The summed E-state index contributed by atoms with van der Waals surface area (Å²) in [6, 6.07) is 4.58. The van der Waals surface area contributed by atoms with Crippen LogP contribution in [-0.4, -0.2) is 42.8 Å². The number of methoxy groups -OCH3 is 1. The monoisotopic (exact) mass is 323 g/mol. The van der Waals surface area contributed by atoms with Gasteiger partial charge in [0.2, 0.25) is 0 Å². The zero-order chi connectivity index (χ0) is 17.6. The van der Waals surface area contributed by atoms with E-state index in [2.05, 4.69) is 19.2 Å². The highest BCUT2D eigenvalue weighted by molar-refractivity contribution is 5.86. The Hall–Kier alpha value is -2.08. The molecule has 1 rings (SSSR count). The van der Waals surface area contributed by atoms with E-state index < -0.39 is 24.0 Å². The highest BCUT2D eigenvalue weighted by Gasteiger charge is 2.24. The molecule has 6 heteroatoms. The number of rotatable bonds is 8. The fourth-order valence-electron chi connectivity index (χ4n) is 2.26. The SMILES string of the molecule is COCC(NC(=O)C(C)Oc1ccc(C(C)C)c(C)c1)C(=O)O. The van der Waals surface area contributed by atoms with Crippen molar-refractivity contribution in [2.75, 3.05) is 13.7 Å². The van der Waals surface area contributed by atoms with Gasteiger partial charge in [0.15, 0.2) is 12.1 Å². The molecule has 0 saturated heterocycles. The van der Waals surface area contributed by atoms with Crippen LogP contribution in [0.15, 0.2) is 18.2 Å². The molecular formula is C17H25NO5. The number of aryl methyl sites for hydroxylation is 1. The van der Waals surface area contributed by atoms with Gasteiger partial charge in [-0.25, -0.2) is 4.79 Å². The molecule has 6 nitrogen and oxygen atoms in total. The first-order valence-corrected chi connectivity index (χ1v) is 7.55. The van der Waals surface area contributed by atoms with Gasteiger partial charge in [0.25, 0.3) is 5.91 Å². The molecule has 2 atom stereocenters. The van der Waals surface area contributed by atoms with Gasteiger partial charge in [-0.05, 0) is 43.0 Å². The Bertz CT molecular complexity index is 556. The number of carboxylic acids is 1. The number of nitrogens with one attached hydrogen (secondary N) is 1. The summed E-state index contributed by atoms with van der Waals surface area (Å²) in [4.78, 5) is 23.1. The van der Waals surface area contributed by atoms with Crippen molar-refractivity contribution < 1.29 is 24.2 Å². The van der Waals surface area contributed by atoms with Gasteiger partial charge in [-0.1, -0.05) is 19.9 Å². The molecule has 1 aromatic carbocycles. The van der Waals surface area contributed by atoms with Crippen LogP contribution in [0.3, 0.4) is 0 Å². The van der Waals surface area contributed by atoms with E-state index in [0.717, 1.165) is 5.56 Å². The first-order valence-electron chi connectivity index (χ1n) is 7.55. The van der Waals surface area contributed by atoms with Crippen LogP contribution >= 0.6 is 0 Å². The Balaban J connectivity index is 2.71. The fourth-order valence-corrected chi connectivity index (χ4v) is 2.26. The van der Waals surface area contributed by atoms with E-state index in [4.69, 9.17) is 14.6 Å². The van der Waals surface area contributed by atoms with Gasteiger partial charge < -0.3 is 19.9 Å². The molecule has 0 aliphatic carbocycles. The maximum atomic E-state index is 12.0. The Kier molecular flexibility index (Phi) is 7.03. The summed E-state index contributed by atoms with van der Waals surface area (Å²) in [5.74, 6) is -0.659. The minimum atomic E-state index is -1.15. The van der Waals surface area contributed by atoms with Crippen molar-refractivity contribution in [2.45, 2.75) is 45.8 Å². The van der Waals surface area contributed by atoms with Crippen molar-refractivity contribution in [3.8, 4) is 5.75 Å². The summed E-state index contributed by atoms with van der Waals surface area (Å²) in [6.45, 7) is 7.69. The van der Waals surface area contributed by atoms with Crippen LogP contribution in [0, 0.1) is 6.92 Å². The predicted molar refractivity (Wildman–Crippen MR) is 86.8 cm³/mol. The van der Waals surface area contributed by atoms with Crippen LogP contribution in [0.5, 0.6) is 5.75 Å². The summed E-state index contributed by atoms with van der Waals surface area (Å²) in [7, 11) is 1.38. The number of hydrogen-bond donors (Lipinski definition) is 2. The summed E-state index contributed by atoms with van der Waals surface area (Å²) in [6.07, 6.45) is -0.807. The first kappa shape index (κ1) is 19.0. The lowest BCUT2D eigenvalue weighted by Gasteiger charge is -2.19. The topological polar surface area (TPSA) is 84.9 Å². The number of ether oxygens (including phenoxy) is 2. The second-order valence-corrected chi connectivity index (χ2v) is 5.79. The molecule has 1 amide bonds. The highest BCUT2D eigenvalue weighted by atomic mass is 16.5. The van der Waals surface area contributed by atoms with Gasteiger partial charge in [-0.15, -0.1) is 0 Å². The molecular weight excluding hydrogens is 298 g/mol. The van der Waals surface area contributed by atoms with Crippen molar-refractivity contribution >= 4 is 11.9 Å². The molecule has 23 heavy (non-hydrogen) atoms. The molecule has 0 heterocycles. The average Bonchev–Trinajstić information content (AvgIpc) is 2.46. The van der Waals surface area contributed by atoms with Crippen molar-refractivity contribution in [3.63, 3.8) is 0 Å². The lowest BCUT2D eigenvalue weighted by molar-refractivity contribution is -0.144. The molecule has 1 aromatic rings. The van der Waals surface area contributed by atoms with Crippen LogP contribution < -0.4 is 10.1 Å². The Morgan fingerprint density at radius 3 is 2.39 bits per heavy atom. The van der Waals surface area contributed by atoms with E-state index in [1.807, 2.05) is 25.1 Å². The zero-order valence-corrected chi connectivity index (χ0v) is 14.3. The summed E-state index contributed by atoms with van der Waals surface area (Å²) < 4.78 is 10.4. The number of benzene rings is 1. The number of amides is 1. The van der Waals surface area contributed by atoms with E-state index in [0.29, 0.717) is 11.7 Å². The van der Waals surface area contributed by atoms with E-state index in [1.54, 1.807) is 6.92 Å². The Morgan fingerprint density at radius 2 is 1.91 bits per heavy atom. The Morgan fingerprint density at radius 1 is 1.26 bits per heavy atom. The standard InChI is InChI=1S/C17H25NO5/c1-10(2)14-7-6-13(8-11(14)3)23-12(4)16(19)18-15(9-22-5)17(20)21/h6-8,10,12,15H,9H2,1-5H3,(H,18,19)(H,20,21). The smallest absolute Gasteiger partial charge is 0.328 e. The van der Waals surface area contributed by atoms with Crippen molar-refractivity contribution in [2.24, 2.45) is 0 Å². The van der Waals surface area contributed by atoms with Gasteiger partial charge in [-0.3, -0.25) is 4.79 Å². The molecule has 0 radical (unpaired) electrons. The van der Waals surface area contributed by atoms with E-state index >= 15 is 0 Å². The third-order valence-corrected chi connectivity index (χ3v) is 3.49. The van der Waals surface area contributed by atoms with Gasteiger partial charge in [0.05, 0.1) is 6.61 Å². The summed E-state index contributed by atoms with van der Waals surface area (Å²) in [5.41, 5.74) is 2.31. The van der Waals surface area contributed by atoms with Crippen molar-refractivity contribution in [1.29, 1.82) is 0 Å². The molecule has 0 fully saturated rings. The molecule has 0 saturated carbocycles. The second-order valence-electron chi connectivity index (χ2n) is 5.79. The molecule has 0 bridgehead atoms. The molecule has 0 aliphatic heterocycles. The average molecular weight is 323 g/mol. The second kappa shape index (κ2) is 8.53. The zero-order valence-electron chi connectivity index (χ0n) is 14.3. The van der Waals surface area contributed by atoms with Crippen LogP contribution in [-0.2, 0) is 14.3 Å². The molecule has 2 N–H and O–H groups in total. The van der Waals surface area contributed by atoms with Crippen molar-refractivity contribution in [1.82, 2.24) is 5.32 Å². The van der Waals surface area contributed by atoms with Crippen LogP contribution in [0.4, 0.5) is 0 Å². The van der Waals surface area contributed by atoms with Crippen LogP contribution in [0.1, 0.15) is 37.8 Å². The Labute approximate surface area is 136 Å². The highest BCUT2D eigenvalue weighted by Crippen LogP contribution is 2.24. The number of aliphatic carboxylic acids is 1. The minimum Gasteiger partial charge on any atom is -0.481 e. The van der Waals surface area contributed by atoms with Crippen LogP contribution in [0.2, 0.25) is 0 Å². The number of hydrogen-bond acceptors (Lipinski definition) is 4. The summed E-state index contributed by atoms with van der Waals surface area (Å²) in [5, 5.41) is 11.4. The normalized spacial score (nSPS) is 13.5. The van der Waals surface area contributed by atoms with Gasteiger partial charge in [0, 0.05) is 7.11 Å².